The molecular formula is C24H31N3O3. The van der Waals surface area contributed by atoms with E-state index in [1.807, 2.05) is 49.4 Å². The number of amides is 3. The number of benzene rings is 2. The Bertz CT molecular complexity index is 841. The summed E-state index contributed by atoms with van der Waals surface area (Å²) in [5.74, 6) is 0.743. The number of urea groups is 1. The lowest BCUT2D eigenvalue weighted by Gasteiger charge is -2.37. The van der Waals surface area contributed by atoms with Crippen LogP contribution in [0.3, 0.4) is 0 Å². The highest BCUT2D eigenvalue weighted by Crippen LogP contribution is 2.30. The molecule has 1 aliphatic heterocycles. The van der Waals surface area contributed by atoms with Crippen molar-refractivity contribution >= 4 is 11.9 Å². The van der Waals surface area contributed by atoms with E-state index in [1.165, 1.54) is 5.56 Å². The van der Waals surface area contributed by atoms with E-state index < -0.39 is 0 Å². The van der Waals surface area contributed by atoms with Crippen molar-refractivity contribution in [1.29, 1.82) is 0 Å². The van der Waals surface area contributed by atoms with E-state index in [0.717, 1.165) is 17.7 Å². The van der Waals surface area contributed by atoms with Crippen molar-refractivity contribution in [2.45, 2.75) is 25.7 Å². The monoisotopic (exact) mass is 409 g/mol. The molecule has 6 heteroatoms. The molecule has 30 heavy (non-hydrogen) atoms. The van der Waals surface area contributed by atoms with E-state index in [0.29, 0.717) is 32.6 Å². The highest BCUT2D eigenvalue weighted by Gasteiger charge is 2.34. The number of carbonyl (C=O) groups is 2. The van der Waals surface area contributed by atoms with E-state index in [4.69, 9.17) is 4.74 Å². The molecule has 2 atom stereocenters. The fourth-order valence-electron chi connectivity index (χ4n) is 4.06. The van der Waals surface area contributed by atoms with Crippen LogP contribution in [0.2, 0.25) is 0 Å². The number of para-hydroxylation sites is 1. The first kappa shape index (κ1) is 21.7. The van der Waals surface area contributed by atoms with Crippen molar-refractivity contribution in [1.82, 2.24) is 15.5 Å². The van der Waals surface area contributed by atoms with Crippen LogP contribution in [0.15, 0.2) is 54.6 Å². The van der Waals surface area contributed by atoms with Gasteiger partial charge in [0.05, 0.1) is 13.0 Å². The Kier molecular flexibility index (Phi) is 7.71. The van der Waals surface area contributed by atoms with Crippen LogP contribution in [0.25, 0.3) is 0 Å². The zero-order valence-corrected chi connectivity index (χ0v) is 17.8. The normalized spacial score (nSPS) is 18.5. The molecule has 0 saturated carbocycles. The summed E-state index contributed by atoms with van der Waals surface area (Å²) in [5, 5.41) is 5.93. The van der Waals surface area contributed by atoms with Crippen LogP contribution < -0.4 is 15.4 Å². The topological polar surface area (TPSA) is 70.7 Å². The summed E-state index contributed by atoms with van der Waals surface area (Å²) in [7, 11) is 1.65. The number of hydrogen-bond acceptors (Lipinski definition) is 3. The highest BCUT2D eigenvalue weighted by atomic mass is 16.5. The van der Waals surface area contributed by atoms with Crippen molar-refractivity contribution in [2.24, 2.45) is 5.92 Å². The Morgan fingerprint density at radius 3 is 2.50 bits per heavy atom. The Morgan fingerprint density at radius 2 is 1.77 bits per heavy atom. The third-order valence-electron chi connectivity index (χ3n) is 5.59. The first-order valence-corrected chi connectivity index (χ1v) is 10.6. The molecule has 160 valence electrons. The van der Waals surface area contributed by atoms with Gasteiger partial charge < -0.3 is 20.3 Å². The van der Waals surface area contributed by atoms with Crippen molar-refractivity contribution in [3.8, 4) is 5.75 Å². The molecule has 1 heterocycles. The summed E-state index contributed by atoms with van der Waals surface area (Å²) in [6.45, 7) is 4.07. The van der Waals surface area contributed by atoms with Gasteiger partial charge in [0.1, 0.15) is 5.75 Å². The molecule has 1 fully saturated rings. The van der Waals surface area contributed by atoms with Crippen LogP contribution in [0, 0.1) is 5.92 Å². The van der Waals surface area contributed by atoms with Gasteiger partial charge in [-0.05, 0) is 37.0 Å². The molecule has 2 aromatic rings. The summed E-state index contributed by atoms with van der Waals surface area (Å²) in [5.41, 5.74) is 2.23. The standard InChI is InChI=1S/C24H31N3O3/c1-3-25-24(29)27-16-20(18-9-5-4-6-10-18)15-21(17-27)23(28)26-14-13-19-11-7-8-12-22(19)30-2/h4-12,20-21H,3,13-17H2,1-2H3,(H,25,29)(H,26,28). The van der Waals surface area contributed by atoms with Crippen LogP contribution in [0.1, 0.15) is 30.4 Å². The number of likely N-dealkylation sites (tertiary alicyclic amines) is 1. The molecule has 2 N–H and O–H groups in total. The van der Waals surface area contributed by atoms with Gasteiger partial charge in [-0.3, -0.25) is 4.79 Å². The second-order valence-electron chi connectivity index (χ2n) is 7.63. The molecular weight excluding hydrogens is 378 g/mol. The molecule has 3 amide bonds. The molecule has 0 bridgehead atoms. The average Bonchev–Trinajstić information content (AvgIpc) is 2.79. The Labute approximate surface area is 178 Å². The molecule has 1 aliphatic rings. The number of nitrogens with zero attached hydrogens (tertiary/aromatic N) is 1. The molecule has 2 aromatic carbocycles. The first-order valence-electron chi connectivity index (χ1n) is 10.6. The highest BCUT2D eigenvalue weighted by molar-refractivity contribution is 5.81. The van der Waals surface area contributed by atoms with Crippen LogP contribution in [-0.2, 0) is 11.2 Å². The van der Waals surface area contributed by atoms with E-state index in [9.17, 15) is 9.59 Å². The quantitative estimate of drug-likeness (QED) is 0.738. The van der Waals surface area contributed by atoms with E-state index in [1.54, 1.807) is 12.0 Å². The van der Waals surface area contributed by atoms with Crippen molar-refractivity contribution in [3.63, 3.8) is 0 Å². The fraction of sp³-hybridized carbons (Fsp3) is 0.417. The summed E-state index contributed by atoms with van der Waals surface area (Å²) in [6.07, 6.45) is 1.44. The van der Waals surface area contributed by atoms with Gasteiger partial charge in [-0.25, -0.2) is 4.79 Å². The summed E-state index contributed by atoms with van der Waals surface area (Å²) in [4.78, 5) is 27.2. The lowest BCUT2D eigenvalue weighted by molar-refractivity contribution is -0.126. The zero-order chi connectivity index (χ0) is 21.3. The molecule has 0 aliphatic carbocycles. The van der Waals surface area contributed by atoms with E-state index >= 15 is 0 Å². The van der Waals surface area contributed by atoms with Gasteiger partial charge in [-0.1, -0.05) is 48.5 Å². The number of carbonyl (C=O) groups excluding carboxylic acids is 2. The minimum Gasteiger partial charge on any atom is -0.496 e. The minimum atomic E-state index is -0.232. The van der Waals surface area contributed by atoms with Gasteiger partial charge in [0.15, 0.2) is 0 Å². The molecule has 6 nitrogen and oxygen atoms in total. The predicted octanol–water partition coefficient (Wildman–Crippen LogP) is 3.19. The molecule has 1 saturated heterocycles. The average molecular weight is 410 g/mol. The number of piperidine rings is 1. The second-order valence-corrected chi connectivity index (χ2v) is 7.63. The molecule has 0 spiro atoms. The Balaban J connectivity index is 1.64. The Morgan fingerprint density at radius 1 is 1.03 bits per heavy atom. The van der Waals surface area contributed by atoms with Gasteiger partial charge in [-0.15, -0.1) is 0 Å². The second kappa shape index (κ2) is 10.7. The van der Waals surface area contributed by atoms with Gasteiger partial charge in [-0.2, -0.15) is 0 Å². The minimum absolute atomic E-state index is 0.000160. The fourth-order valence-corrected chi connectivity index (χ4v) is 4.06. The third-order valence-corrected chi connectivity index (χ3v) is 5.59. The van der Waals surface area contributed by atoms with Gasteiger partial charge in [0, 0.05) is 32.1 Å². The number of nitrogens with one attached hydrogen (secondary N) is 2. The SMILES string of the molecule is CCNC(=O)N1CC(C(=O)NCCc2ccccc2OC)CC(c2ccccc2)C1. The predicted molar refractivity (Wildman–Crippen MR) is 118 cm³/mol. The lowest BCUT2D eigenvalue weighted by atomic mass is 9.84. The van der Waals surface area contributed by atoms with E-state index in [2.05, 4.69) is 22.8 Å². The van der Waals surface area contributed by atoms with E-state index in [-0.39, 0.29) is 23.8 Å². The van der Waals surface area contributed by atoms with Crippen LogP contribution >= 0.6 is 0 Å². The van der Waals surface area contributed by atoms with Crippen molar-refractivity contribution in [2.75, 3.05) is 33.3 Å². The van der Waals surface area contributed by atoms with Crippen molar-refractivity contribution in [3.05, 3.63) is 65.7 Å². The first-order chi connectivity index (χ1) is 14.6. The molecule has 0 aromatic heterocycles. The summed E-state index contributed by atoms with van der Waals surface area (Å²) < 4.78 is 5.38. The van der Waals surface area contributed by atoms with Gasteiger partial charge >= 0.3 is 6.03 Å². The number of rotatable bonds is 7. The van der Waals surface area contributed by atoms with Crippen LogP contribution in [0.4, 0.5) is 4.79 Å². The molecule has 2 unspecified atom stereocenters. The maximum atomic E-state index is 12.9. The van der Waals surface area contributed by atoms with Gasteiger partial charge in [0.25, 0.3) is 0 Å². The summed E-state index contributed by atoms with van der Waals surface area (Å²) in [6, 6.07) is 17.9. The van der Waals surface area contributed by atoms with Gasteiger partial charge in [0.2, 0.25) is 5.91 Å². The maximum Gasteiger partial charge on any atom is 0.317 e. The maximum absolute atomic E-state index is 12.9. The summed E-state index contributed by atoms with van der Waals surface area (Å²) >= 11 is 0. The van der Waals surface area contributed by atoms with Crippen LogP contribution in [0.5, 0.6) is 5.75 Å². The van der Waals surface area contributed by atoms with Crippen LogP contribution in [-0.4, -0.2) is 50.1 Å². The molecule has 0 radical (unpaired) electrons. The Hall–Kier alpha value is -3.02. The largest absolute Gasteiger partial charge is 0.496 e. The zero-order valence-electron chi connectivity index (χ0n) is 17.8. The molecule has 3 rings (SSSR count). The van der Waals surface area contributed by atoms with Crippen molar-refractivity contribution < 1.29 is 14.3 Å². The third kappa shape index (κ3) is 5.53. The smallest absolute Gasteiger partial charge is 0.317 e. The number of ether oxygens (including phenoxy) is 1. The number of hydrogen-bond donors (Lipinski definition) is 2. The lowest BCUT2D eigenvalue weighted by Crippen LogP contribution is -2.51. The number of methoxy groups -OCH3 is 1.